The Morgan fingerprint density at radius 1 is 1.15 bits per heavy atom. The fourth-order valence-electron chi connectivity index (χ4n) is 4.24. The normalized spacial score (nSPS) is 13.5. The number of benzene rings is 2. The summed E-state index contributed by atoms with van der Waals surface area (Å²) in [5.74, 6) is -0.975. The highest BCUT2D eigenvalue weighted by atomic mass is 19.4. The molecule has 3 N–H and O–H groups in total. The number of amides is 1. The Morgan fingerprint density at radius 3 is 2.62 bits per heavy atom. The zero-order valence-electron chi connectivity index (χ0n) is 20.9. The fraction of sp³-hybridized carbons (Fsp3) is 0.250. The van der Waals surface area contributed by atoms with Crippen LogP contribution in [0.25, 0.3) is 22.5 Å². The molecule has 1 saturated carbocycles. The average Bonchev–Trinajstić information content (AvgIpc) is 3.58. The Balaban J connectivity index is 1.57. The summed E-state index contributed by atoms with van der Waals surface area (Å²) in [6, 6.07) is 10.3. The first-order valence-electron chi connectivity index (χ1n) is 12.3. The molecule has 0 spiro atoms. The monoisotopic (exact) mass is 539 g/mol. The Bertz CT molecular complexity index is 1590. The predicted molar refractivity (Wildman–Crippen MR) is 139 cm³/mol. The molecule has 4 aromatic rings. The predicted octanol–water partition coefficient (Wildman–Crippen LogP) is 5.87. The van der Waals surface area contributed by atoms with Crippen molar-refractivity contribution in [2.45, 2.75) is 38.4 Å². The minimum atomic E-state index is -4.36. The van der Waals surface area contributed by atoms with Crippen LogP contribution in [0.3, 0.4) is 0 Å². The van der Waals surface area contributed by atoms with E-state index in [2.05, 4.69) is 27.3 Å². The maximum Gasteiger partial charge on any atom is 0.390 e. The second-order valence-corrected chi connectivity index (χ2v) is 9.53. The smallest absolute Gasteiger partial charge is 0.390 e. The molecule has 0 unspecified atom stereocenters. The number of phenols is 1. The second-order valence-electron chi connectivity index (χ2n) is 9.53. The molecule has 0 atom stereocenters. The van der Waals surface area contributed by atoms with E-state index in [0.717, 1.165) is 30.5 Å². The van der Waals surface area contributed by atoms with E-state index >= 15 is 0 Å². The maximum absolute atomic E-state index is 13.9. The van der Waals surface area contributed by atoms with Crippen molar-refractivity contribution in [3.63, 3.8) is 0 Å². The lowest BCUT2D eigenvalue weighted by Crippen LogP contribution is -2.26. The van der Waals surface area contributed by atoms with E-state index < -0.39 is 25.0 Å². The van der Waals surface area contributed by atoms with Gasteiger partial charge in [0.05, 0.1) is 29.7 Å². The van der Waals surface area contributed by atoms with Crippen LogP contribution in [-0.4, -0.2) is 44.4 Å². The van der Waals surface area contributed by atoms with E-state index in [1.807, 2.05) is 13.0 Å². The molecule has 2 aromatic heterocycles. The molecular formula is C28H25F4N5O2. The lowest BCUT2D eigenvalue weighted by atomic mass is 10.0. The van der Waals surface area contributed by atoms with Gasteiger partial charge in [-0.15, -0.1) is 0 Å². The van der Waals surface area contributed by atoms with Crippen LogP contribution in [0.15, 0.2) is 55.2 Å². The number of rotatable bonds is 8. The molecule has 0 aliphatic heterocycles. The number of phenolic OH excluding ortho intramolecular Hbond substituents is 1. The lowest BCUT2D eigenvalue weighted by molar-refractivity contribution is -0.131. The molecule has 11 heteroatoms. The highest BCUT2D eigenvalue weighted by Gasteiger charge is 2.27. The van der Waals surface area contributed by atoms with Gasteiger partial charge in [-0.3, -0.25) is 4.79 Å². The first kappa shape index (κ1) is 26.2. The van der Waals surface area contributed by atoms with Gasteiger partial charge in [-0.2, -0.15) is 18.3 Å². The quantitative estimate of drug-likeness (QED) is 0.244. The van der Waals surface area contributed by atoms with Gasteiger partial charge in [-0.25, -0.2) is 13.9 Å². The minimum absolute atomic E-state index is 0.0895. The first-order chi connectivity index (χ1) is 18.5. The molecule has 7 nitrogen and oxygen atoms in total. The van der Waals surface area contributed by atoms with Gasteiger partial charge in [0.2, 0.25) is 0 Å². The van der Waals surface area contributed by atoms with Crippen LogP contribution in [0.5, 0.6) is 5.75 Å². The van der Waals surface area contributed by atoms with E-state index in [1.54, 1.807) is 12.1 Å². The van der Waals surface area contributed by atoms with Gasteiger partial charge in [0.1, 0.15) is 11.6 Å². The summed E-state index contributed by atoms with van der Waals surface area (Å²) in [5, 5.41) is 20.6. The molecule has 39 heavy (non-hydrogen) atoms. The third-order valence-corrected chi connectivity index (χ3v) is 6.46. The number of fused-ring (bicyclic) bond motifs is 1. The fourth-order valence-corrected chi connectivity index (χ4v) is 4.24. The van der Waals surface area contributed by atoms with Crippen LogP contribution in [0, 0.1) is 12.7 Å². The van der Waals surface area contributed by atoms with Crippen LogP contribution < -0.4 is 10.6 Å². The third kappa shape index (κ3) is 5.71. The number of nitrogens with zero attached hydrogens (tertiary/aromatic N) is 3. The van der Waals surface area contributed by atoms with E-state index in [-0.39, 0.29) is 45.9 Å². The van der Waals surface area contributed by atoms with Crippen LogP contribution in [0.2, 0.25) is 0 Å². The number of anilines is 1. The zero-order chi connectivity index (χ0) is 27.9. The van der Waals surface area contributed by atoms with Crippen LogP contribution in [0.4, 0.5) is 23.2 Å². The van der Waals surface area contributed by atoms with Gasteiger partial charge >= 0.3 is 6.18 Å². The number of halogens is 4. The number of aromatic hydroxyl groups is 1. The number of aryl methyl sites for hydroxylation is 1. The van der Waals surface area contributed by atoms with E-state index in [9.17, 15) is 27.5 Å². The molecule has 1 fully saturated rings. The van der Waals surface area contributed by atoms with Crippen molar-refractivity contribution in [1.82, 2.24) is 19.9 Å². The largest absolute Gasteiger partial charge is 0.507 e. The molecule has 1 aliphatic rings. The van der Waals surface area contributed by atoms with Gasteiger partial charge < -0.3 is 15.7 Å². The Kier molecular flexibility index (Phi) is 6.75. The van der Waals surface area contributed by atoms with Gasteiger partial charge in [-0.1, -0.05) is 12.6 Å². The van der Waals surface area contributed by atoms with Crippen LogP contribution in [-0.2, 0) is 0 Å². The van der Waals surface area contributed by atoms with Gasteiger partial charge in [0, 0.05) is 34.9 Å². The summed E-state index contributed by atoms with van der Waals surface area (Å²) in [6.45, 7) is 5.35. The number of carbonyl (C=O) groups excluding carboxylic acids is 1. The highest BCUT2D eigenvalue weighted by molar-refractivity contribution is 5.96. The molecule has 2 aromatic carbocycles. The van der Waals surface area contributed by atoms with E-state index in [0.29, 0.717) is 16.8 Å². The summed E-state index contributed by atoms with van der Waals surface area (Å²) < 4.78 is 53.9. The number of hydrogen-bond donors (Lipinski definition) is 3. The third-order valence-electron chi connectivity index (χ3n) is 6.46. The lowest BCUT2D eigenvalue weighted by Gasteiger charge is -2.14. The van der Waals surface area contributed by atoms with E-state index in [1.165, 1.54) is 22.8 Å². The summed E-state index contributed by atoms with van der Waals surface area (Å²) in [5.41, 5.74) is 3.42. The van der Waals surface area contributed by atoms with Gasteiger partial charge in [0.15, 0.2) is 5.65 Å². The van der Waals surface area contributed by atoms with Crippen molar-refractivity contribution in [3.8, 4) is 17.0 Å². The summed E-state index contributed by atoms with van der Waals surface area (Å²) in [6.07, 6.45) is -1.96. The number of imidazole rings is 1. The molecule has 0 bridgehead atoms. The summed E-state index contributed by atoms with van der Waals surface area (Å²) in [4.78, 5) is 16.9. The Labute approximate surface area is 221 Å². The molecule has 0 saturated heterocycles. The van der Waals surface area contributed by atoms with Crippen LogP contribution in [0.1, 0.15) is 46.4 Å². The van der Waals surface area contributed by atoms with Crippen LogP contribution >= 0.6 is 0 Å². The number of aromatic nitrogens is 3. The molecule has 1 amide bonds. The van der Waals surface area contributed by atoms with E-state index in [4.69, 9.17) is 0 Å². The molecule has 2 heterocycles. The standard InChI is InChI=1S/C28H25F4N5O2/c1-15-11-17(3-7-20(15)27(39)35-19-5-6-19)24-14-34-26-23(33-10-9-28(30,31)32)13-22(36-37(24)26)16(2)21-12-18(29)4-8-25(21)38/h3-4,7-8,11-14,19,33,38H,2,5-6,9-10H2,1H3,(H,35,39). The second kappa shape index (κ2) is 10.0. The minimum Gasteiger partial charge on any atom is -0.507 e. The summed E-state index contributed by atoms with van der Waals surface area (Å²) >= 11 is 0. The van der Waals surface area contributed by atoms with Crippen molar-refractivity contribution in [2.24, 2.45) is 0 Å². The SMILES string of the molecule is C=C(c1cc(NCCC(F)(F)F)c2ncc(-c3ccc(C(=O)NC4CC4)c(C)c3)n2n1)c1cc(F)ccc1O. The highest BCUT2D eigenvalue weighted by Crippen LogP contribution is 2.33. The Hall–Kier alpha value is -4.41. The number of alkyl halides is 3. The molecule has 5 rings (SSSR count). The summed E-state index contributed by atoms with van der Waals surface area (Å²) in [7, 11) is 0. The zero-order valence-corrected chi connectivity index (χ0v) is 20.9. The van der Waals surface area contributed by atoms with Gasteiger partial charge in [-0.05, 0) is 61.7 Å². The molecular weight excluding hydrogens is 514 g/mol. The van der Waals surface area contributed by atoms with Gasteiger partial charge in [0.25, 0.3) is 5.91 Å². The molecule has 202 valence electrons. The molecule has 1 aliphatic carbocycles. The first-order valence-corrected chi connectivity index (χ1v) is 12.3. The maximum atomic E-state index is 13.9. The topological polar surface area (TPSA) is 91.6 Å². The van der Waals surface area contributed by atoms with Crippen molar-refractivity contribution in [2.75, 3.05) is 11.9 Å². The number of nitrogens with one attached hydrogen (secondary N) is 2. The van der Waals surface area contributed by atoms with Crippen molar-refractivity contribution in [1.29, 1.82) is 0 Å². The van der Waals surface area contributed by atoms with Crippen molar-refractivity contribution in [3.05, 3.63) is 83.4 Å². The number of carbonyl (C=O) groups is 1. The van der Waals surface area contributed by atoms with Crippen molar-refractivity contribution >= 4 is 22.8 Å². The van der Waals surface area contributed by atoms with Crippen molar-refractivity contribution < 1.29 is 27.5 Å². The average molecular weight is 540 g/mol. The number of hydrogen-bond acceptors (Lipinski definition) is 5. The molecule has 0 radical (unpaired) electrons. The Morgan fingerprint density at radius 2 is 1.92 bits per heavy atom.